The summed E-state index contributed by atoms with van der Waals surface area (Å²) >= 11 is 6.22. The first-order valence-corrected chi connectivity index (χ1v) is 11.7. The maximum atomic E-state index is 11.8. The monoisotopic (exact) mass is 500 g/mol. The normalized spacial score (nSPS) is 12.4. The van der Waals surface area contributed by atoms with Gasteiger partial charge >= 0.3 is 5.97 Å². The van der Waals surface area contributed by atoms with Gasteiger partial charge in [-0.25, -0.2) is 4.79 Å². The summed E-state index contributed by atoms with van der Waals surface area (Å²) in [5.41, 5.74) is 6.14. The van der Waals surface area contributed by atoms with Crippen molar-refractivity contribution in [2.45, 2.75) is 19.3 Å². The minimum Gasteiger partial charge on any atom is -0.478 e. The summed E-state index contributed by atoms with van der Waals surface area (Å²) in [6, 6.07) is 23.6. The van der Waals surface area contributed by atoms with Gasteiger partial charge in [0.2, 0.25) is 5.56 Å². The predicted molar refractivity (Wildman–Crippen MR) is 141 cm³/mol. The van der Waals surface area contributed by atoms with Crippen molar-refractivity contribution in [3.63, 3.8) is 0 Å². The molecule has 36 heavy (non-hydrogen) atoms. The van der Waals surface area contributed by atoms with Crippen molar-refractivity contribution in [2.75, 3.05) is 0 Å². The van der Waals surface area contributed by atoms with E-state index >= 15 is 0 Å². The lowest BCUT2D eigenvalue weighted by molar-refractivity contribution is 0.0697. The van der Waals surface area contributed by atoms with Crippen LogP contribution in [-0.4, -0.2) is 26.6 Å². The van der Waals surface area contributed by atoms with Crippen LogP contribution in [0.4, 0.5) is 0 Å². The number of carboxylic acids is 1. The van der Waals surface area contributed by atoms with Crippen molar-refractivity contribution in [3.05, 3.63) is 128 Å². The summed E-state index contributed by atoms with van der Waals surface area (Å²) < 4.78 is 1.45. The Bertz CT molecular complexity index is 1490. The highest BCUT2D eigenvalue weighted by Crippen LogP contribution is 2.34. The van der Waals surface area contributed by atoms with Gasteiger partial charge in [-0.3, -0.25) is 4.79 Å². The van der Waals surface area contributed by atoms with Crippen LogP contribution in [0.1, 0.15) is 45.0 Å². The number of aryl methyl sites for hydroxylation is 2. The van der Waals surface area contributed by atoms with Crippen LogP contribution in [0.25, 0.3) is 11.1 Å². The summed E-state index contributed by atoms with van der Waals surface area (Å²) in [6.07, 6.45) is 2.05. The van der Waals surface area contributed by atoms with E-state index in [2.05, 4.69) is 5.16 Å². The fourth-order valence-corrected chi connectivity index (χ4v) is 4.55. The van der Waals surface area contributed by atoms with Gasteiger partial charge in [-0.1, -0.05) is 59.2 Å². The second kappa shape index (κ2) is 10.6. The first-order chi connectivity index (χ1) is 17.3. The summed E-state index contributed by atoms with van der Waals surface area (Å²) in [7, 11) is 1.66. The average Bonchev–Trinajstić information content (AvgIpc) is 2.87. The second-order valence-corrected chi connectivity index (χ2v) is 9.11. The van der Waals surface area contributed by atoms with E-state index in [0.717, 1.165) is 27.8 Å². The molecule has 4 aromatic rings. The van der Waals surface area contributed by atoms with Crippen molar-refractivity contribution < 1.29 is 15.1 Å². The number of aromatic nitrogens is 1. The minimum atomic E-state index is -0.960. The largest absolute Gasteiger partial charge is 0.478 e. The van der Waals surface area contributed by atoms with E-state index in [1.807, 2.05) is 49.4 Å². The van der Waals surface area contributed by atoms with E-state index in [9.17, 15) is 14.8 Å². The molecule has 0 aliphatic carbocycles. The van der Waals surface area contributed by atoms with Gasteiger partial charge in [0.05, 0.1) is 11.3 Å². The number of carbonyl (C=O) groups is 1. The van der Waals surface area contributed by atoms with Crippen LogP contribution < -0.4 is 5.56 Å². The molecule has 1 aromatic heterocycles. The molecule has 1 atom stereocenters. The van der Waals surface area contributed by atoms with Crippen LogP contribution in [-0.2, 0) is 7.05 Å². The molecule has 0 bridgehead atoms. The number of rotatable bonds is 7. The number of aromatic carboxylic acids is 1. The molecular formula is C29H25ClN2O4. The van der Waals surface area contributed by atoms with Gasteiger partial charge in [-0.15, -0.1) is 0 Å². The molecule has 6 nitrogen and oxygen atoms in total. The zero-order chi connectivity index (χ0) is 25.8. The molecule has 182 valence electrons. The van der Waals surface area contributed by atoms with Crippen molar-refractivity contribution >= 4 is 23.3 Å². The maximum absolute atomic E-state index is 11.8. The average molecular weight is 501 g/mol. The van der Waals surface area contributed by atoms with E-state index in [1.165, 1.54) is 10.6 Å². The molecule has 1 heterocycles. The molecule has 1 unspecified atom stereocenters. The zero-order valence-corrected chi connectivity index (χ0v) is 20.6. The number of benzene rings is 3. The fourth-order valence-electron chi connectivity index (χ4n) is 4.32. The van der Waals surface area contributed by atoms with Gasteiger partial charge in [0.1, 0.15) is 0 Å². The molecular weight excluding hydrogens is 476 g/mol. The van der Waals surface area contributed by atoms with Crippen molar-refractivity contribution in [1.29, 1.82) is 0 Å². The van der Waals surface area contributed by atoms with Gasteiger partial charge in [-0.05, 0) is 65.1 Å². The van der Waals surface area contributed by atoms with E-state index in [4.69, 9.17) is 16.7 Å². The molecule has 0 saturated carbocycles. The van der Waals surface area contributed by atoms with Crippen LogP contribution in [0.2, 0.25) is 5.02 Å². The van der Waals surface area contributed by atoms with Gasteiger partial charge in [0.25, 0.3) is 0 Å². The molecule has 3 aromatic carbocycles. The number of pyridine rings is 1. The summed E-state index contributed by atoms with van der Waals surface area (Å²) in [6.45, 7) is 1.99. The Balaban J connectivity index is 1.72. The van der Waals surface area contributed by atoms with Crippen molar-refractivity contribution in [3.8, 4) is 11.1 Å². The van der Waals surface area contributed by atoms with E-state index in [0.29, 0.717) is 22.7 Å². The lowest BCUT2D eigenvalue weighted by atomic mass is 9.83. The highest BCUT2D eigenvalue weighted by molar-refractivity contribution is 6.30. The van der Waals surface area contributed by atoms with Crippen LogP contribution >= 0.6 is 11.6 Å². The Morgan fingerprint density at radius 2 is 1.56 bits per heavy atom. The number of carboxylic acid groups (broad SMARTS) is 1. The topological polar surface area (TPSA) is 91.9 Å². The molecule has 7 heteroatoms. The Labute approximate surface area is 213 Å². The zero-order valence-electron chi connectivity index (χ0n) is 19.9. The maximum Gasteiger partial charge on any atom is 0.335 e. The second-order valence-electron chi connectivity index (χ2n) is 8.68. The molecule has 0 spiro atoms. The van der Waals surface area contributed by atoms with Gasteiger partial charge in [-0.2, -0.15) is 0 Å². The predicted octanol–water partition coefficient (Wildman–Crippen LogP) is 6.11. The smallest absolute Gasteiger partial charge is 0.335 e. The summed E-state index contributed by atoms with van der Waals surface area (Å²) in [5.74, 6) is -1.10. The Kier molecular flexibility index (Phi) is 7.36. The third kappa shape index (κ3) is 5.39. The standard InChI is InChI=1S/C29H25ClN2O4/c1-18-15-24(30)12-13-25(18)26(16-27(31-36)23-11-14-28(33)32(2)17-23)21-7-3-19(4-8-21)20-5-9-22(10-6-20)29(34)35/h3-15,17,26,36H,16H2,1-2H3,(H,34,35)/b31-27-. The van der Waals surface area contributed by atoms with Crippen LogP contribution in [0.5, 0.6) is 0 Å². The lowest BCUT2D eigenvalue weighted by Crippen LogP contribution is -2.18. The van der Waals surface area contributed by atoms with Crippen LogP contribution in [0, 0.1) is 6.92 Å². The minimum absolute atomic E-state index is 0.145. The highest BCUT2D eigenvalue weighted by atomic mass is 35.5. The number of hydrogen-bond donors (Lipinski definition) is 2. The first kappa shape index (κ1) is 24.9. The molecule has 0 aliphatic heterocycles. The van der Waals surface area contributed by atoms with Crippen LogP contribution in [0.15, 0.2) is 95.0 Å². The number of hydrogen-bond acceptors (Lipinski definition) is 4. The Hall–Kier alpha value is -4.16. The summed E-state index contributed by atoms with van der Waals surface area (Å²) in [5, 5.41) is 23.3. The highest BCUT2D eigenvalue weighted by Gasteiger charge is 2.21. The third-order valence-electron chi connectivity index (χ3n) is 6.32. The molecule has 4 rings (SSSR count). The first-order valence-electron chi connectivity index (χ1n) is 11.3. The van der Waals surface area contributed by atoms with Gasteiger partial charge < -0.3 is 14.9 Å². The number of oxime groups is 1. The lowest BCUT2D eigenvalue weighted by Gasteiger charge is -2.21. The molecule has 2 N–H and O–H groups in total. The number of halogens is 1. The van der Waals surface area contributed by atoms with Gasteiger partial charge in [0, 0.05) is 42.2 Å². The molecule has 0 saturated heterocycles. The molecule has 0 radical (unpaired) electrons. The number of nitrogens with zero attached hydrogens (tertiary/aromatic N) is 2. The quantitative estimate of drug-likeness (QED) is 0.182. The van der Waals surface area contributed by atoms with Crippen molar-refractivity contribution in [2.24, 2.45) is 12.2 Å². The van der Waals surface area contributed by atoms with E-state index in [1.54, 1.807) is 43.6 Å². The molecule has 0 fully saturated rings. The van der Waals surface area contributed by atoms with Gasteiger partial charge in [0.15, 0.2) is 0 Å². The SMILES string of the molecule is Cc1cc(Cl)ccc1C(C/C(=N/O)c1ccc(=O)n(C)c1)c1ccc(-c2ccc(C(=O)O)cc2)cc1. The molecule has 0 amide bonds. The Morgan fingerprint density at radius 1 is 0.944 bits per heavy atom. The van der Waals surface area contributed by atoms with Crippen LogP contribution in [0.3, 0.4) is 0 Å². The Morgan fingerprint density at radius 3 is 2.11 bits per heavy atom. The third-order valence-corrected chi connectivity index (χ3v) is 6.56. The van der Waals surface area contributed by atoms with Crippen molar-refractivity contribution in [1.82, 2.24) is 4.57 Å². The summed E-state index contributed by atoms with van der Waals surface area (Å²) in [4.78, 5) is 23.0. The van der Waals surface area contributed by atoms with E-state index < -0.39 is 5.97 Å². The fraction of sp³-hybridized carbons (Fsp3) is 0.138. The molecule has 0 aliphatic rings. The van der Waals surface area contributed by atoms with E-state index in [-0.39, 0.29) is 17.0 Å².